The largest absolute Gasteiger partial charge is 0.409 e. The average molecular weight is 290 g/mol. The van der Waals surface area contributed by atoms with Gasteiger partial charge >= 0.3 is 0 Å². The van der Waals surface area contributed by atoms with Gasteiger partial charge in [0, 0.05) is 18.8 Å². The monoisotopic (exact) mass is 290 g/mol. The van der Waals surface area contributed by atoms with E-state index in [9.17, 15) is 0 Å². The average Bonchev–Trinajstić information content (AvgIpc) is 2.58. The Morgan fingerprint density at radius 1 is 1.33 bits per heavy atom. The normalized spacial score (nSPS) is 19.4. The highest BCUT2D eigenvalue weighted by atomic mass is 16.4. The lowest BCUT2D eigenvalue weighted by Crippen LogP contribution is -2.29. The second kappa shape index (κ2) is 5.92. The van der Waals surface area contributed by atoms with Crippen molar-refractivity contribution in [2.75, 3.05) is 18.0 Å². The molecule has 1 aliphatic rings. The Kier molecular flexibility index (Phi) is 4.40. The third kappa shape index (κ3) is 3.46. The van der Waals surface area contributed by atoms with Crippen LogP contribution < -0.4 is 10.6 Å². The number of pyridine rings is 1. The van der Waals surface area contributed by atoms with E-state index in [0.717, 1.165) is 48.6 Å². The highest BCUT2D eigenvalue weighted by molar-refractivity contribution is 6.03. The van der Waals surface area contributed by atoms with E-state index in [-0.39, 0.29) is 5.84 Å². The number of aromatic nitrogens is 1. The van der Waals surface area contributed by atoms with E-state index in [1.165, 1.54) is 6.42 Å². The molecule has 1 aromatic rings. The minimum atomic E-state index is 0.138. The number of anilines is 1. The van der Waals surface area contributed by atoms with Gasteiger partial charge in [0.2, 0.25) is 0 Å². The highest BCUT2D eigenvalue weighted by Crippen LogP contribution is 2.33. The van der Waals surface area contributed by atoms with Crippen LogP contribution in [0.5, 0.6) is 0 Å². The van der Waals surface area contributed by atoms with Crippen molar-refractivity contribution in [3.63, 3.8) is 0 Å². The number of hydrogen-bond donors (Lipinski definition) is 2. The van der Waals surface area contributed by atoms with Crippen LogP contribution in [0.2, 0.25) is 0 Å². The molecule has 3 N–H and O–H groups in total. The van der Waals surface area contributed by atoms with E-state index in [1.54, 1.807) is 0 Å². The van der Waals surface area contributed by atoms with Crippen LogP contribution in [0, 0.1) is 19.3 Å². The molecular weight excluding hydrogens is 264 g/mol. The molecule has 21 heavy (non-hydrogen) atoms. The molecule has 0 aromatic carbocycles. The van der Waals surface area contributed by atoms with Crippen LogP contribution >= 0.6 is 0 Å². The molecule has 1 fully saturated rings. The quantitative estimate of drug-likeness (QED) is 0.380. The molecule has 2 heterocycles. The summed E-state index contributed by atoms with van der Waals surface area (Å²) in [5.41, 5.74) is 9.81. The molecule has 0 bridgehead atoms. The molecule has 1 aliphatic heterocycles. The maximum atomic E-state index is 9.06. The van der Waals surface area contributed by atoms with E-state index in [2.05, 4.69) is 28.9 Å². The van der Waals surface area contributed by atoms with E-state index in [1.807, 2.05) is 19.9 Å². The van der Waals surface area contributed by atoms with Gasteiger partial charge < -0.3 is 15.8 Å². The molecule has 1 saturated heterocycles. The van der Waals surface area contributed by atoms with Gasteiger partial charge in [0.05, 0.1) is 16.9 Å². The van der Waals surface area contributed by atoms with E-state index < -0.39 is 0 Å². The molecule has 116 valence electrons. The second-order valence-corrected chi connectivity index (χ2v) is 6.73. The number of oxime groups is 1. The van der Waals surface area contributed by atoms with Gasteiger partial charge in [-0.05, 0) is 44.6 Å². The maximum Gasteiger partial charge on any atom is 0.174 e. The Hall–Kier alpha value is -1.78. The number of nitrogens with two attached hydrogens (primary N) is 1. The molecule has 1 aromatic heterocycles. The molecule has 0 unspecified atom stereocenters. The molecule has 0 amide bonds. The van der Waals surface area contributed by atoms with Crippen molar-refractivity contribution in [3.8, 4) is 0 Å². The first-order valence-electron chi connectivity index (χ1n) is 7.55. The van der Waals surface area contributed by atoms with Gasteiger partial charge in [-0.1, -0.05) is 19.0 Å². The first-order valence-corrected chi connectivity index (χ1v) is 7.55. The third-order valence-corrected chi connectivity index (χ3v) is 4.35. The maximum absolute atomic E-state index is 9.06. The minimum absolute atomic E-state index is 0.138. The molecular formula is C16H26N4O. The summed E-state index contributed by atoms with van der Waals surface area (Å²) in [7, 11) is 0. The van der Waals surface area contributed by atoms with Gasteiger partial charge in [-0.25, -0.2) is 0 Å². The van der Waals surface area contributed by atoms with Crippen molar-refractivity contribution in [1.82, 2.24) is 4.98 Å². The van der Waals surface area contributed by atoms with Crippen LogP contribution in [0.15, 0.2) is 11.2 Å². The SMILES string of the molecule is Cc1cc(N2CCCC(C)(C)CC2)c(/C(N)=N/O)c(C)n1. The van der Waals surface area contributed by atoms with Gasteiger partial charge in [0.15, 0.2) is 5.84 Å². The van der Waals surface area contributed by atoms with Gasteiger partial charge in [-0.3, -0.25) is 4.98 Å². The summed E-state index contributed by atoms with van der Waals surface area (Å²) in [6.07, 6.45) is 3.53. The summed E-state index contributed by atoms with van der Waals surface area (Å²) >= 11 is 0. The number of nitrogens with zero attached hydrogens (tertiary/aromatic N) is 3. The van der Waals surface area contributed by atoms with Gasteiger partial charge in [0.25, 0.3) is 0 Å². The molecule has 5 nitrogen and oxygen atoms in total. The summed E-state index contributed by atoms with van der Waals surface area (Å²) in [5, 5.41) is 12.2. The molecule has 0 aliphatic carbocycles. The standard InChI is InChI=1S/C16H26N4O/c1-11-10-13(14(12(2)18-11)15(17)19-21)20-8-5-6-16(3,4)7-9-20/h10,21H,5-9H2,1-4H3,(H2,17,19). The van der Waals surface area contributed by atoms with Crippen molar-refractivity contribution in [3.05, 3.63) is 23.0 Å². The van der Waals surface area contributed by atoms with Crippen LogP contribution in [-0.2, 0) is 0 Å². The van der Waals surface area contributed by atoms with Crippen LogP contribution in [-0.4, -0.2) is 29.1 Å². The van der Waals surface area contributed by atoms with Crippen molar-refractivity contribution in [2.24, 2.45) is 16.3 Å². The molecule has 5 heteroatoms. The fourth-order valence-corrected chi connectivity index (χ4v) is 3.09. The zero-order valence-corrected chi connectivity index (χ0v) is 13.5. The lowest BCUT2D eigenvalue weighted by atomic mass is 9.85. The number of hydrogen-bond acceptors (Lipinski definition) is 4. The molecule has 2 rings (SSSR count). The van der Waals surface area contributed by atoms with Crippen molar-refractivity contribution >= 4 is 11.5 Å². The number of rotatable bonds is 2. The smallest absolute Gasteiger partial charge is 0.174 e. The van der Waals surface area contributed by atoms with Crippen LogP contribution in [0.4, 0.5) is 5.69 Å². The summed E-state index contributed by atoms with van der Waals surface area (Å²) < 4.78 is 0. The molecule has 0 spiro atoms. The zero-order chi connectivity index (χ0) is 15.6. The van der Waals surface area contributed by atoms with Gasteiger partial charge in [-0.2, -0.15) is 0 Å². The molecule has 0 radical (unpaired) electrons. The zero-order valence-electron chi connectivity index (χ0n) is 13.5. The number of amidine groups is 1. The van der Waals surface area contributed by atoms with Crippen LogP contribution in [0.3, 0.4) is 0 Å². The Bertz CT molecular complexity index is 551. The van der Waals surface area contributed by atoms with Crippen molar-refractivity contribution < 1.29 is 5.21 Å². The topological polar surface area (TPSA) is 74.7 Å². The Labute approximate surface area is 126 Å². The molecule has 0 atom stereocenters. The van der Waals surface area contributed by atoms with Crippen molar-refractivity contribution in [1.29, 1.82) is 0 Å². The predicted octanol–water partition coefficient (Wildman–Crippen LogP) is 2.81. The summed E-state index contributed by atoms with van der Waals surface area (Å²) in [4.78, 5) is 6.80. The van der Waals surface area contributed by atoms with E-state index >= 15 is 0 Å². The lowest BCUT2D eigenvalue weighted by molar-refractivity contribution is 0.318. The van der Waals surface area contributed by atoms with Gasteiger partial charge in [0.1, 0.15) is 0 Å². The Morgan fingerprint density at radius 2 is 2.05 bits per heavy atom. The van der Waals surface area contributed by atoms with E-state index in [0.29, 0.717) is 5.41 Å². The molecule has 0 saturated carbocycles. The fraction of sp³-hybridized carbons (Fsp3) is 0.625. The second-order valence-electron chi connectivity index (χ2n) is 6.73. The summed E-state index contributed by atoms with van der Waals surface area (Å²) in [6, 6.07) is 2.04. The first kappa shape index (κ1) is 15.6. The summed E-state index contributed by atoms with van der Waals surface area (Å²) in [6.45, 7) is 10.5. The van der Waals surface area contributed by atoms with Crippen LogP contribution in [0.25, 0.3) is 0 Å². The highest BCUT2D eigenvalue weighted by Gasteiger charge is 2.25. The fourth-order valence-electron chi connectivity index (χ4n) is 3.09. The third-order valence-electron chi connectivity index (χ3n) is 4.35. The lowest BCUT2D eigenvalue weighted by Gasteiger charge is -2.27. The van der Waals surface area contributed by atoms with E-state index in [4.69, 9.17) is 10.9 Å². The van der Waals surface area contributed by atoms with Crippen LogP contribution in [0.1, 0.15) is 50.1 Å². The minimum Gasteiger partial charge on any atom is -0.409 e. The Balaban J connectivity index is 2.43. The Morgan fingerprint density at radius 3 is 2.71 bits per heavy atom. The van der Waals surface area contributed by atoms with Gasteiger partial charge in [-0.15, -0.1) is 0 Å². The predicted molar refractivity (Wildman–Crippen MR) is 86.1 cm³/mol. The first-order chi connectivity index (χ1) is 9.84. The summed E-state index contributed by atoms with van der Waals surface area (Å²) in [5.74, 6) is 0.138. The van der Waals surface area contributed by atoms with Crippen molar-refractivity contribution in [2.45, 2.75) is 47.0 Å². The number of aryl methyl sites for hydroxylation is 2.